The molecule has 0 saturated carbocycles. The first-order valence-corrected chi connectivity index (χ1v) is 7.82. The number of nitrogens with zero attached hydrogens (tertiary/aromatic N) is 3. The predicted octanol–water partition coefficient (Wildman–Crippen LogP) is -0.0796. The smallest absolute Gasteiger partial charge is 0.410 e. The van der Waals surface area contributed by atoms with E-state index in [1.165, 1.54) is 18.1 Å². The molecule has 2 saturated heterocycles. The van der Waals surface area contributed by atoms with Gasteiger partial charge in [-0.1, -0.05) is 12.7 Å². The fourth-order valence-electron chi connectivity index (χ4n) is 2.68. The summed E-state index contributed by atoms with van der Waals surface area (Å²) < 4.78 is 15.0. The second-order valence-electron chi connectivity index (χ2n) is 5.43. The van der Waals surface area contributed by atoms with Gasteiger partial charge in [-0.05, 0) is 0 Å². The molecule has 2 aliphatic rings. The number of ether oxygens (including phenoxy) is 3. The van der Waals surface area contributed by atoms with Crippen molar-refractivity contribution in [1.29, 1.82) is 0 Å². The average molecular weight is 341 g/mol. The van der Waals surface area contributed by atoms with Gasteiger partial charge < -0.3 is 24.0 Å². The van der Waals surface area contributed by atoms with E-state index in [4.69, 9.17) is 14.2 Å². The third kappa shape index (κ3) is 4.16. The lowest BCUT2D eigenvalue weighted by Gasteiger charge is -2.41. The van der Waals surface area contributed by atoms with E-state index in [0.717, 1.165) is 0 Å². The van der Waals surface area contributed by atoms with Gasteiger partial charge >= 0.3 is 18.1 Å². The van der Waals surface area contributed by atoms with Gasteiger partial charge in [-0.25, -0.2) is 14.4 Å². The van der Waals surface area contributed by atoms with E-state index in [0.29, 0.717) is 32.8 Å². The minimum Gasteiger partial charge on any atom is -0.467 e. The molecule has 9 heteroatoms. The molecule has 0 radical (unpaired) electrons. The Morgan fingerprint density at radius 3 is 2.50 bits per heavy atom. The van der Waals surface area contributed by atoms with Crippen LogP contribution >= 0.6 is 0 Å². The Balaban J connectivity index is 2.03. The number of hydrogen-bond donors (Lipinski definition) is 0. The van der Waals surface area contributed by atoms with Crippen molar-refractivity contribution in [2.75, 3.05) is 59.7 Å². The standard InChI is InChI=1S/C15H23N3O6/c1-3-8-24-15(21)18-5-4-17(11-12(18)13(19)22-2)14(20)16-6-9-23-10-7-16/h3,12H,1,4-11H2,2H3. The lowest BCUT2D eigenvalue weighted by Crippen LogP contribution is -2.62. The van der Waals surface area contributed by atoms with E-state index in [1.807, 2.05) is 0 Å². The molecular formula is C15H23N3O6. The van der Waals surface area contributed by atoms with E-state index < -0.39 is 18.1 Å². The van der Waals surface area contributed by atoms with Crippen LogP contribution in [0.25, 0.3) is 0 Å². The van der Waals surface area contributed by atoms with Gasteiger partial charge in [-0.2, -0.15) is 0 Å². The van der Waals surface area contributed by atoms with Crippen LogP contribution in [-0.2, 0) is 19.0 Å². The number of morpholine rings is 1. The molecule has 1 atom stereocenters. The summed E-state index contributed by atoms with van der Waals surface area (Å²) in [7, 11) is 1.25. The summed E-state index contributed by atoms with van der Waals surface area (Å²) >= 11 is 0. The quantitative estimate of drug-likeness (QED) is 0.527. The molecule has 0 N–H and O–H groups in total. The molecule has 2 heterocycles. The largest absolute Gasteiger partial charge is 0.467 e. The van der Waals surface area contributed by atoms with Crippen LogP contribution in [0.4, 0.5) is 9.59 Å². The summed E-state index contributed by atoms with van der Waals surface area (Å²) in [4.78, 5) is 41.2. The predicted molar refractivity (Wildman–Crippen MR) is 83.4 cm³/mol. The Bertz CT molecular complexity index is 492. The molecule has 0 aromatic heterocycles. The molecule has 0 bridgehead atoms. The maximum absolute atomic E-state index is 12.6. The van der Waals surface area contributed by atoms with Crippen LogP contribution in [0.3, 0.4) is 0 Å². The second kappa shape index (κ2) is 8.53. The molecule has 1 unspecified atom stereocenters. The first-order valence-electron chi connectivity index (χ1n) is 7.82. The van der Waals surface area contributed by atoms with Crippen molar-refractivity contribution in [3.8, 4) is 0 Å². The van der Waals surface area contributed by atoms with Crippen LogP contribution in [-0.4, -0.2) is 98.5 Å². The Hall–Kier alpha value is -2.29. The van der Waals surface area contributed by atoms with Crippen LogP contribution in [0, 0.1) is 0 Å². The lowest BCUT2D eigenvalue weighted by molar-refractivity contribution is -0.148. The fraction of sp³-hybridized carbons (Fsp3) is 0.667. The van der Waals surface area contributed by atoms with Crippen molar-refractivity contribution in [3.63, 3.8) is 0 Å². The summed E-state index contributed by atoms with van der Waals surface area (Å²) in [5.41, 5.74) is 0. The molecule has 24 heavy (non-hydrogen) atoms. The van der Waals surface area contributed by atoms with Gasteiger partial charge in [0.2, 0.25) is 0 Å². The number of hydrogen-bond acceptors (Lipinski definition) is 6. The minimum absolute atomic E-state index is 0.0552. The Kier molecular flexibility index (Phi) is 6.42. The number of carbonyl (C=O) groups excluding carboxylic acids is 3. The molecule has 0 spiro atoms. The summed E-state index contributed by atoms with van der Waals surface area (Å²) in [6, 6.07) is -1.04. The van der Waals surface area contributed by atoms with Crippen molar-refractivity contribution in [3.05, 3.63) is 12.7 Å². The van der Waals surface area contributed by atoms with Crippen LogP contribution in [0.1, 0.15) is 0 Å². The van der Waals surface area contributed by atoms with Gasteiger partial charge in [-0.3, -0.25) is 4.90 Å². The molecule has 0 aliphatic carbocycles. The zero-order valence-electron chi connectivity index (χ0n) is 13.8. The monoisotopic (exact) mass is 341 g/mol. The minimum atomic E-state index is -0.883. The highest BCUT2D eigenvalue weighted by molar-refractivity contribution is 5.83. The van der Waals surface area contributed by atoms with E-state index >= 15 is 0 Å². The number of rotatable bonds is 3. The van der Waals surface area contributed by atoms with Crippen molar-refractivity contribution in [1.82, 2.24) is 14.7 Å². The third-order valence-corrected chi connectivity index (χ3v) is 3.96. The van der Waals surface area contributed by atoms with Gasteiger partial charge in [0.05, 0.1) is 26.9 Å². The van der Waals surface area contributed by atoms with Gasteiger partial charge in [-0.15, -0.1) is 0 Å². The molecule has 3 amide bonds. The maximum Gasteiger partial charge on any atom is 0.410 e. The number of piperazine rings is 1. The number of carbonyl (C=O) groups is 3. The van der Waals surface area contributed by atoms with Gasteiger partial charge in [0.25, 0.3) is 0 Å². The zero-order valence-corrected chi connectivity index (χ0v) is 13.8. The summed E-state index contributed by atoms with van der Waals surface area (Å²) in [6.07, 6.45) is 0.826. The lowest BCUT2D eigenvalue weighted by atomic mass is 10.2. The summed E-state index contributed by atoms with van der Waals surface area (Å²) in [6.45, 7) is 6.17. The SMILES string of the molecule is C=CCOC(=O)N1CCN(C(=O)N2CCOCC2)CC1C(=O)OC. The van der Waals surface area contributed by atoms with Gasteiger partial charge in [0.15, 0.2) is 6.04 Å². The highest BCUT2D eigenvalue weighted by atomic mass is 16.6. The number of esters is 1. The van der Waals surface area contributed by atoms with Crippen molar-refractivity contribution < 1.29 is 28.6 Å². The zero-order chi connectivity index (χ0) is 17.5. The van der Waals surface area contributed by atoms with E-state index in [2.05, 4.69) is 6.58 Å². The van der Waals surface area contributed by atoms with Crippen LogP contribution in [0.15, 0.2) is 12.7 Å². The summed E-state index contributed by atoms with van der Waals surface area (Å²) in [5, 5.41) is 0. The topological polar surface area (TPSA) is 88.6 Å². The van der Waals surface area contributed by atoms with Crippen LogP contribution in [0.2, 0.25) is 0 Å². The molecule has 0 aromatic carbocycles. The molecule has 9 nitrogen and oxygen atoms in total. The van der Waals surface area contributed by atoms with E-state index in [-0.39, 0.29) is 25.7 Å². The van der Waals surface area contributed by atoms with Crippen molar-refractivity contribution >= 4 is 18.1 Å². The number of urea groups is 1. The highest BCUT2D eigenvalue weighted by Crippen LogP contribution is 2.15. The van der Waals surface area contributed by atoms with Crippen molar-refractivity contribution in [2.24, 2.45) is 0 Å². The average Bonchev–Trinajstić information content (AvgIpc) is 2.65. The Morgan fingerprint density at radius 1 is 1.17 bits per heavy atom. The molecular weight excluding hydrogens is 318 g/mol. The number of amides is 3. The molecule has 2 rings (SSSR count). The van der Waals surface area contributed by atoms with Crippen LogP contribution in [0.5, 0.6) is 0 Å². The van der Waals surface area contributed by atoms with Crippen molar-refractivity contribution in [2.45, 2.75) is 6.04 Å². The Morgan fingerprint density at radius 2 is 1.88 bits per heavy atom. The van der Waals surface area contributed by atoms with E-state index in [1.54, 1.807) is 9.80 Å². The van der Waals surface area contributed by atoms with E-state index in [9.17, 15) is 14.4 Å². The highest BCUT2D eigenvalue weighted by Gasteiger charge is 2.39. The van der Waals surface area contributed by atoms with Gasteiger partial charge in [0, 0.05) is 26.2 Å². The Labute approximate surface area is 140 Å². The second-order valence-corrected chi connectivity index (χ2v) is 5.43. The third-order valence-electron chi connectivity index (χ3n) is 3.96. The first-order chi connectivity index (χ1) is 11.6. The number of methoxy groups -OCH3 is 1. The molecule has 2 fully saturated rings. The van der Waals surface area contributed by atoms with Crippen LogP contribution < -0.4 is 0 Å². The van der Waals surface area contributed by atoms with Gasteiger partial charge in [0.1, 0.15) is 6.61 Å². The normalized spacial score (nSPS) is 21.2. The first kappa shape index (κ1) is 18.1. The fourth-order valence-corrected chi connectivity index (χ4v) is 2.68. The maximum atomic E-state index is 12.6. The molecule has 2 aliphatic heterocycles. The molecule has 134 valence electrons. The molecule has 0 aromatic rings. The summed E-state index contributed by atoms with van der Waals surface area (Å²) in [5.74, 6) is -0.579.